The van der Waals surface area contributed by atoms with Gasteiger partial charge in [0.1, 0.15) is 23.0 Å². The van der Waals surface area contributed by atoms with E-state index in [1.165, 1.54) is 0 Å². The summed E-state index contributed by atoms with van der Waals surface area (Å²) in [5.74, 6) is 4.45. The second-order valence-corrected chi connectivity index (χ2v) is 7.67. The average molecular weight is 415 g/mol. The lowest BCUT2D eigenvalue weighted by molar-refractivity contribution is -0.124. The van der Waals surface area contributed by atoms with Crippen LogP contribution in [-0.4, -0.2) is 36.8 Å². The molecule has 4 rings (SSSR count). The number of hydrogen-bond donors (Lipinski definition) is 3. The number of amides is 1. The standard InChI is InChI=1S/C24H25N5O2/c1-2-23(30)29-13-12-18(16-29)15-26-22-14-24(25,28-17-27-22)19-8-10-21(11-9-19)31-20-6-4-3-5-7-20/h1,3-11,14,17-18,26H,12-13,15-16,25H2,(H,27,28). The molecule has 1 fully saturated rings. The summed E-state index contributed by atoms with van der Waals surface area (Å²) in [6.07, 6.45) is 9.57. The van der Waals surface area contributed by atoms with Gasteiger partial charge in [-0.15, -0.1) is 6.42 Å². The minimum Gasteiger partial charge on any atom is -0.457 e. The van der Waals surface area contributed by atoms with Gasteiger partial charge < -0.3 is 26.0 Å². The molecule has 31 heavy (non-hydrogen) atoms. The summed E-state index contributed by atoms with van der Waals surface area (Å²) in [7, 11) is 0. The quantitative estimate of drug-likeness (QED) is 0.629. The van der Waals surface area contributed by atoms with Crippen LogP contribution in [0.25, 0.3) is 0 Å². The Bertz CT molecular complexity index is 1030. The highest BCUT2D eigenvalue weighted by Crippen LogP contribution is 2.26. The third kappa shape index (κ3) is 4.87. The van der Waals surface area contributed by atoms with Crippen molar-refractivity contribution in [3.8, 4) is 23.8 Å². The molecule has 2 aliphatic rings. The SMILES string of the molecule is C#CC(=O)N1CCC(CNC2=CC(N)(c3ccc(Oc4ccccc4)cc3)NC=N2)C1. The Morgan fingerprint density at radius 1 is 1.26 bits per heavy atom. The lowest BCUT2D eigenvalue weighted by atomic mass is 9.99. The Labute approximate surface area is 182 Å². The molecule has 0 aromatic heterocycles. The number of nitrogens with zero attached hydrogens (tertiary/aromatic N) is 2. The van der Waals surface area contributed by atoms with Gasteiger partial charge in [0.25, 0.3) is 5.91 Å². The number of hydrogen-bond acceptors (Lipinski definition) is 6. The number of ether oxygens (including phenoxy) is 1. The van der Waals surface area contributed by atoms with Crippen molar-refractivity contribution < 1.29 is 9.53 Å². The topological polar surface area (TPSA) is 92.0 Å². The van der Waals surface area contributed by atoms with Gasteiger partial charge in [0.05, 0.1) is 6.34 Å². The third-order valence-electron chi connectivity index (χ3n) is 5.45. The van der Waals surface area contributed by atoms with Gasteiger partial charge in [-0.25, -0.2) is 4.99 Å². The minimum absolute atomic E-state index is 0.248. The summed E-state index contributed by atoms with van der Waals surface area (Å²) in [5.41, 5.74) is 6.59. The lowest BCUT2D eigenvalue weighted by Crippen LogP contribution is -2.50. The summed E-state index contributed by atoms with van der Waals surface area (Å²) in [6.45, 7) is 2.04. The van der Waals surface area contributed by atoms with Crippen molar-refractivity contribution in [2.75, 3.05) is 19.6 Å². The molecule has 0 aliphatic carbocycles. The molecule has 2 heterocycles. The number of nitrogens with one attached hydrogen (secondary N) is 2. The van der Waals surface area contributed by atoms with Crippen molar-refractivity contribution >= 4 is 12.2 Å². The van der Waals surface area contributed by atoms with Crippen molar-refractivity contribution in [3.05, 3.63) is 72.1 Å². The van der Waals surface area contributed by atoms with E-state index in [1.807, 2.05) is 60.7 Å². The van der Waals surface area contributed by atoms with E-state index in [2.05, 4.69) is 21.5 Å². The predicted molar refractivity (Wildman–Crippen MR) is 120 cm³/mol. The van der Waals surface area contributed by atoms with Crippen LogP contribution in [0.2, 0.25) is 0 Å². The molecule has 0 spiro atoms. The zero-order valence-corrected chi connectivity index (χ0v) is 17.1. The van der Waals surface area contributed by atoms with Crippen LogP contribution in [-0.2, 0) is 10.5 Å². The van der Waals surface area contributed by atoms with E-state index in [9.17, 15) is 4.79 Å². The van der Waals surface area contributed by atoms with Crippen molar-refractivity contribution in [3.63, 3.8) is 0 Å². The van der Waals surface area contributed by atoms with Gasteiger partial charge in [-0.1, -0.05) is 30.3 Å². The van der Waals surface area contributed by atoms with Crippen LogP contribution in [0, 0.1) is 18.3 Å². The number of benzene rings is 2. The molecule has 4 N–H and O–H groups in total. The molecule has 2 aromatic carbocycles. The number of carbonyl (C=O) groups is 1. The Morgan fingerprint density at radius 2 is 2.00 bits per heavy atom. The largest absolute Gasteiger partial charge is 0.457 e. The molecule has 0 saturated carbocycles. The minimum atomic E-state index is -0.892. The number of rotatable bonds is 6. The molecular formula is C24H25N5O2. The van der Waals surface area contributed by atoms with E-state index >= 15 is 0 Å². The molecular weight excluding hydrogens is 390 g/mol. The molecule has 2 atom stereocenters. The van der Waals surface area contributed by atoms with Gasteiger partial charge in [-0.05, 0) is 48.1 Å². The highest BCUT2D eigenvalue weighted by molar-refractivity contribution is 5.93. The second kappa shape index (κ2) is 8.94. The molecule has 1 saturated heterocycles. The normalized spacial score (nSPS) is 22.3. The maximum Gasteiger partial charge on any atom is 0.298 e. The van der Waals surface area contributed by atoms with Gasteiger partial charge >= 0.3 is 0 Å². The molecule has 1 amide bonds. The Kier molecular flexibility index (Phi) is 5.92. The van der Waals surface area contributed by atoms with Crippen LogP contribution in [0.15, 0.2) is 71.5 Å². The van der Waals surface area contributed by atoms with E-state index < -0.39 is 5.66 Å². The van der Waals surface area contributed by atoms with Gasteiger partial charge in [0, 0.05) is 25.7 Å². The Balaban J connectivity index is 1.38. The van der Waals surface area contributed by atoms with Gasteiger partial charge in [0.2, 0.25) is 0 Å². The number of terminal acetylenes is 1. The fourth-order valence-electron chi connectivity index (χ4n) is 3.71. The van der Waals surface area contributed by atoms with Crippen molar-refractivity contribution in [2.45, 2.75) is 12.1 Å². The van der Waals surface area contributed by atoms with Crippen molar-refractivity contribution in [1.29, 1.82) is 0 Å². The molecule has 2 unspecified atom stereocenters. The fraction of sp³-hybridized carbons (Fsp3) is 0.250. The summed E-state index contributed by atoms with van der Waals surface area (Å²) in [5, 5.41) is 6.46. The zero-order chi connectivity index (χ0) is 21.7. The first-order chi connectivity index (χ1) is 15.1. The first-order valence-corrected chi connectivity index (χ1v) is 10.2. The van der Waals surface area contributed by atoms with E-state index in [-0.39, 0.29) is 5.91 Å². The maximum absolute atomic E-state index is 11.6. The predicted octanol–water partition coefficient (Wildman–Crippen LogP) is 2.13. The summed E-state index contributed by atoms with van der Waals surface area (Å²) in [4.78, 5) is 17.7. The van der Waals surface area contributed by atoms with Gasteiger partial charge in [-0.2, -0.15) is 0 Å². The second-order valence-electron chi connectivity index (χ2n) is 7.67. The molecule has 158 valence electrons. The van der Waals surface area contributed by atoms with E-state index in [0.29, 0.717) is 31.4 Å². The van der Waals surface area contributed by atoms with Crippen LogP contribution in [0.5, 0.6) is 11.5 Å². The Morgan fingerprint density at radius 3 is 2.74 bits per heavy atom. The summed E-state index contributed by atoms with van der Waals surface area (Å²) < 4.78 is 5.85. The van der Waals surface area contributed by atoms with Crippen molar-refractivity contribution in [1.82, 2.24) is 15.5 Å². The Hall–Kier alpha value is -3.76. The average Bonchev–Trinajstić information content (AvgIpc) is 3.28. The van der Waals surface area contributed by atoms with Crippen LogP contribution >= 0.6 is 0 Å². The number of nitrogens with two attached hydrogens (primary N) is 1. The molecule has 2 aromatic rings. The van der Waals surface area contributed by atoms with Crippen LogP contribution in [0.3, 0.4) is 0 Å². The first kappa shape index (κ1) is 20.5. The van der Waals surface area contributed by atoms with E-state index in [0.717, 1.165) is 23.5 Å². The lowest BCUT2D eigenvalue weighted by Gasteiger charge is -2.30. The third-order valence-corrected chi connectivity index (χ3v) is 5.45. The molecule has 2 aliphatic heterocycles. The highest BCUT2D eigenvalue weighted by Gasteiger charge is 2.28. The number of aliphatic imine (C=N–C) groups is 1. The highest BCUT2D eigenvalue weighted by atomic mass is 16.5. The summed E-state index contributed by atoms with van der Waals surface area (Å²) >= 11 is 0. The number of likely N-dealkylation sites (tertiary alicyclic amines) is 1. The van der Waals surface area contributed by atoms with Gasteiger partial charge in [-0.3, -0.25) is 4.79 Å². The smallest absolute Gasteiger partial charge is 0.298 e. The molecule has 0 radical (unpaired) electrons. The van der Waals surface area contributed by atoms with Gasteiger partial charge in [0.15, 0.2) is 0 Å². The monoisotopic (exact) mass is 415 g/mol. The molecule has 7 heteroatoms. The van der Waals surface area contributed by atoms with Crippen LogP contribution in [0.4, 0.5) is 0 Å². The van der Waals surface area contributed by atoms with Crippen molar-refractivity contribution in [2.24, 2.45) is 16.6 Å². The van der Waals surface area contributed by atoms with Crippen LogP contribution < -0.4 is 21.1 Å². The number of para-hydroxylation sites is 1. The van der Waals surface area contributed by atoms with E-state index in [1.54, 1.807) is 11.2 Å². The molecule has 0 bridgehead atoms. The zero-order valence-electron chi connectivity index (χ0n) is 17.1. The number of carbonyl (C=O) groups excluding carboxylic acids is 1. The van der Waals surface area contributed by atoms with Crippen LogP contribution in [0.1, 0.15) is 12.0 Å². The maximum atomic E-state index is 11.6. The molecule has 7 nitrogen and oxygen atoms in total. The first-order valence-electron chi connectivity index (χ1n) is 10.2. The summed E-state index contributed by atoms with van der Waals surface area (Å²) in [6, 6.07) is 17.3. The fourth-order valence-corrected chi connectivity index (χ4v) is 3.71. The van der Waals surface area contributed by atoms with E-state index in [4.69, 9.17) is 16.9 Å².